The molecule has 0 saturated heterocycles. The molecule has 19 heteroatoms. The fourth-order valence-electron chi connectivity index (χ4n) is 10.1. The second-order valence-electron chi connectivity index (χ2n) is 25.2. The predicted octanol–water partition coefficient (Wildman–Crippen LogP) is 21.4. The zero-order valence-corrected chi connectivity index (χ0v) is 62.3. The van der Waals surface area contributed by atoms with Crippen molar-refractivity contribution in [2.24, 2.45) is 0 Å². The van der Waals surface area contributed by atoms with Crippen LogP contribution in [-0.2, 0) is 65.4 Å². The summed E-state index contributed by atoms with van der Waals surface area (Å²) in [6, 6.07) is 0. The number of allylic oxidation sites excluding steroid dienone is 14. The summed E-state index contributed by atoms with van der Waals surface area (Å²) in [5.74, 6) is -2.21. The van der Waals surface area contributed by atoms with Gasteiger partial charge in [-0.25, -0.2) is 9.13 Å². The lowest BCUT2D eigenvalue weighted by Crippen LogP contribution is -2.30. The van der Waals surface area contributed by atoms with Crippen LogP contribution in [0.1, 0.15) is 323 Å². The molecule has 3 N–H and O–H groups in total. The number of rotatable bonds is 71. The summed E-state index contributed by atoms with van der Waals surface area (Å²) in [6.45, 7) is 4.68. The summed E-state index contributed by atoms with van der Waals surface area (Å²) >= 11 is 0. The minimum atomic E-state index is -4.97. The van der Waals surface area contributed by atoms with Crippen LogP contribution in [0.5, 0.6) is 0 Å². The van der Waals surface area contributed by atoms with Gasteiger partial charge in [0, 0.05) is 25.7 Å². The van der Waals surface area contributed by atoms with Gasteiger partial charge in [0.25, 0.3) is 0 Å². The van der Waals surface area contributed by atoms with Crippen LogP contribution in [0.4, 0.5) is 0 Å². The Balaban J connectivity index is 5.33. The first-order chi connectivity index (χ1) is 46.7. The summed E-state index contributed by atoms with van der Waals surface area (Å²) in [7, 11) is -9.95. The molecule has 0 fully saturated rings. The van der Waals surface area contributed by atoms with Gasteiger partial charge >= 0.3 is 39.5 Å². The van der Waals surface area contributed by atoms with Crippen LogP contribution >= 0.6 is 15.6 Å². The van der Waals surface area contributed by atoms with Gasteiger partial charge < -0.3 is 33.8 Å². The standard InChI is InChI=1S/C77H136O17P2/c1-5-9-13-17-21-25-29-32-34-35-37-40-43-46-50-54-58-62-75(80)87-67-72(93-76(81)63-59-55-51-47-41-28-24-20-16-12-8-4)69-91-95(83,84)89-65-71(78)66-90-96(85,86)92-70-73(94-77(82)64-60-56-52-48-44-38-31-27-23-19-15-11-7-3)68-88-74(79)61-57-53-49-45-42-39-36-33-30-26-22-18-14-10-6-2/h9,13,21-22,25-27,31-34,36-37,40,71-73,78H,5-8,10-12,14-20,23-24,28-30,35,38-39,41-70H2,1-4H3,(H,83,84)(H,85,86)/b13-9-,25-21-,26-22-,31-27-,34-32-,36-33-,40-37-. The molecular weight excluding hydrogens is 1260 g/mol. The van der Waals surface area contributed by atoms with Crippen molar-refractivity contribution in [3.63, 3.8) is 0 Å². The van der Waals surface area contributed by atoms with E-state index in [9.17, 15) is 43.2 Å². The average Bonchev–Trinajstić information content (AvgIpc) is 1.13. The molecule has 0 radical (unpaired) electrons. The van der Waals surface area contributed by atoms with Crippen molar-refractivity contribution in [3.05, 3.63) is 85.1 Å². The van der Waals surface area contributed by atoms with E-state index in [0.29, 0.717) is 25.7 Å². The summed E-state index contributed by atoms with van der Waals surface area (Å²) in [4.78, 5) is 72.7. The third kappa shape index (κ3) is 68.8. The molecule has 17 nitrogen and oxygen atoms in total. The molecule has 5 unspecified atom stereocenters. The van der Waals surface area contributed by atoms with Crippen LogP contribution < -0.4 is 0 Å². The minimum absolute atomic E-state index is 0.0833. The summed E-state index contributed by atoms with van der Waals surface area (Å²) in [6.07, 6.45) is 70.0. The van der Waals surface area contributed by atoms with E-state index in [4.69, 9.17) is 37.0 Å². The fourth-order valence-corrected chi connectivity index (χ4v) is 11.6. The van der Waals surface area contributed by atoms with E-state index < -0.39 is 97.5 Å². The van der Waals surface area contributed by atoms with Crippen LogP contribution in [0.2, 0.25) is 0 Å². The van der Waals surface area contributed by atoms with Crippen LogP contribution in [0.15, 0.2) is 85.1 Å². The largest absolute Gasteiger partial charge is 0.472 e. The van der Waals surface area contributed by atoms with Crippen LogP contribution in [0.3, 0.4) is 0 Å². The minimum Gasteiger partial charge on any atom is -0.462 e. The number of aliphatic hydroxyl groups excluding tert-OH is 1. The molecule has 0 aliphatic heterocycles. The first-order valence-electron chi connectivity index (χ1n) is 37.8. The summed E-state index contributed by atoms with van der Waals surface area (Å²) in [5, 5.41) is 10.6. The van der Waals surface area contributed by atoms with Crippen molar-refractivity contribution in [3.8, 4) is 0 Å². The molecule has 0 aliphatic carbocycles. The molecule has 0 bridgehead atoms. The van der Waals surface area contributed by atoms with Gasteiger partial charge in [-0.2, -0.15) is 0 Å². The molecule has 96 heavy (non-hydrogen) atoms. The molecule has 0 heterocycles. The molecule has 556 valence electrons. The molecule has 0 rings (SSSR count). The Labute approximate surface area is 583 Å². The highest BCUT2D eigenvalue weighted by atomic mass is 31.2. The molecule has 0 aromatic heterocycles. The second-order valence-corrected chi connectivity index (χ2v) is 28.1. The Morgan fingerprint density at radius 2 is 0.542 bits per heavy atom. The van der Waals surface area contributed by atoms with Crippen LogP contribution in [0.25, 0.3) is 0 Å². The lowest BCUT2D eigenvalue weighted by molar-refractivity contribution is -0.161. The van der Waals surface area contributed by atoms with E-state index in [1.54, 1.807) is 0 Å². The fraction of sp³-hybridized carbons (Fsp3) is 0.766. The second kappa shape index (κ2) is 69.7. The van der Waals surface area contributed by atoms with Gasteiger partial charge in [0.1, 0.15) is 19.3 Å². The molecule has 0 saturated carbocycles. The van der Waals surface area contributed by atoms with E-state index >= 15 is 0 Å². The van der Waals surface area contributed by atoms with E-state index in [2.05, 4.69) is 113 Å². The number of hydrogen-bond acceptors (Lipinski definition) is 15. The van der Waals surface area contributed by atoms with Gasteiger partial charge in [-0.3, -0.25) is 37.3 Å². The lowest BCUT2D eigenvalue weighted by atomic mass is 10.1. The number of esters is 4. The van der Waals surface area contributed by atoms with Gasteiger partial charge in [0.15, 0.2) is 12.2 Å². The van der Waals surface area contributed by atoms with Gasteiger partial charge in [-0.05, 0) is 122 Å². The van der Waals surface area contributed by atoms with Crippen molar-refractivity contribution < 1.29 is 80.2 Å². The first-order valence-corrected chi connectivity index (χ1v) is 40.8. The molecular formula is C77H136O17P2. The van der Waals surface area contributed by atoms with E-state index in [-0.39, 0.29) is 25.7 Å². The maximum Gasteiger partial charge on any atom is 0.472 e. The molecule has 0 aromatic rings. The molecule has 0 aromatic carbocycles. The number of carbonyl (C=O) groups excluding carboxylic acids is 4. The average molecular weight is 1400 g/mol. The Morgan fingerprint density at radius 3 is 0.875 bits per heavy atom. The summed E-state index contributed by atoms with van der Waals surface area (Å²) < 4.78 is 68.4. The third-order valence-electron chi connectivity index (χ3n) is 15.8. The van der Waals surface area contributed by atoms with Gasteiger partial charge in [-0.15, -0.1) is 0 Å². The number of hydrogen-bond donors (Lipinski definition) is 3. The SMILES string of the molecule is CC/C=C\C/C=C\C/C=C\C/C=C\CCCCCCC(=O)OCC(COP(=O)(O)OCC(O)COP(=O)(O)OCC(COC(=O)CCCCCCC/C=C\C/C=C\CCCCC)OC(=O)CCCCCCC/C=C\CCCCCC)OC(=O)CCCCCCCCCCCCC. The monoisotopic (exact) mass is 1390 g/mol. The maximum absolute atomic E-state index is 13.1. The lowest BCUT2D eigenvalue weighted by Gasteiger charge is -2.21. The van der Waals surface area contributed by atoms with Crippen LogP contribution in [-0.4, -0.2) is 96.7 Å². The zero-order valence-electron chi connectivity index (χ0n) is 60.5. The molecule has 5 atom stereocenters. The smallest absolute Gasteiger partial charge is 0.462 e. The third-order valence-corrected chi connectivity index (χ3v) is 17.7. The first kappa shape index (κ1) is 92.2. The Bertz CT molecular complexity index is 2160. The van der Waals surface area contributed by atoms with Crippen molar-refractivity contribution in [2.45, 2.75) is 341 Å². The van der Waals surface area contributed by atoms with E-state index in [1.807, 2.05) is 0 Å². The van der Waals surface area contributed by atoms with Crippen molar-refractivity contribution >= 4 is 39.5 Å². The Hall–Kier alpha value is -3.76. The highest BCUT2D eigenvalue weighted by Crippen LogP contribution is 2.45. The number of carbonyl (C=O) groups is 4. The maximum atomic E-state index is 13.1. The van der Waals surface area contributed by atoms with Gasteiger partial charge in [0.05, 0.1) is 26.4 Å². The highest BCUT2D eigenvalue weighted by Gasteiger charge is 2.30. The Kier molecular flexibility index (Phi) is 67.0. The number of ether oxygens (including phenoxy) is 4. The zero-order chi connectivity index (χ0) is 70.4. The van der Waals surface area contributed by atoms with Gasteiger partial charge in [-0.1, -0.05) is 260 Å². The highest BCUT2D eigenvalue weighted by molar-refractivity contribution is 7.47. The molecule has 0 aliphatic rings. The number of phosphoric ester groups is 2. The normalized spacial score (nSPS) is 14.4. The quantitative estimate of drug-likeness (QED) is 0.0169. The number of aliphatic hydroxyl groups is 1. The van der Waals surface area contributed by atoms with Crippen molar-refractivity contribution in [1.29, 1.82) is 0 Å². The van der Waals surface area contributed by atoms with Crippen LogP contribution in [0, 0.1) is 0 Å². The topological polar surface area (TPSA) is 237 Å². The van der Waals surface area contributed by atoms with E-state index in [1.165, 1.54) is 83.5 Å². The predicted molar refractivity (Wildman–Crippen MR) is 390 cm³/mol. The van der Waals surface area contributed by atoms with Crippen molar-refractivity contribution in [2.75, 3.05) is 39.6 Å². The van der Waals surface area contributed by atoms with Gasteiger partial charge in [0.2, 0.25) is 0 Å². The number of phosphoric acid groups is 2. The van der Waals surface area contributed by atoms with E-state index in [0.717, 1.165) is 161 Å². The Morgan fingerprint density at radius 1 is 0.302 bits per heavy atom. The number of unbranched alkanes of at least 4 members (excludes halogenated alkanes) is 31. The molecule has 0 amide bonds. The summed E-state index contributed by atoms with van der Waals surface area (Å²) in [5.41, 5.74) is 0. The van der Waals surface area contributed by atoms with Crippen molar-refractivity contribution in [1.82, 2.24) is 0 Å². The molecule has 0 spiro atoms.